The number of hydrogen-bond donors (Lipinski definition) is 1. The molecule has 0 atom stereocenters. The molecule has 1 aromatic carbocycles. The molecule has 0 radical (unpaired) electrons. The van der Waals surface area contributed by atoms with E-state index in [9.17, 15) is 0 Å². The number of likely N-dealkylation sites (N-methyl/N-ethyl adjacent to an activating group) is 1. The minimum Gasteiger partial charge on any atom is -0.311 e. The van der Waals surface area contributed by atoms with Gasteiger partial charge in [0.1, 0.15) is 0 Å². The van der Waals surface area contributed by atoms with Crippen molar-refractivity contribution in [2.45, 2.75) is 13.5 Å². The van der Waals surface area contributed by atoms with Crippen LogP contribution in [0.3, 0.4) is 0 Å². The van der Waals surface area contributed by atoms with E-state index in [0.29, 0.717) is 0 Å². The summed E-state index contributed by atoms with van der Waals surface area (Å²) in [6.45, 7) is 6.32. The number of rotatable bonds is 6. The number of hydrogen-bond acceptors (Lipinski definition) is 3. The number of nitrogens with zero attached hydrogens (tertiary/aromatic N) is 2. The van der Waals surface area contributed by atoms with Crippen molar-refractivity contribution < 1.29 is 0 Å². The number of pyridine rings is 1. The molecular weight excluding hydrogens is 222 g/mol. The van der Waals surface area contributed by atoms with Gasteiger partial charge in [-0.1, -0.05) is 19.1 Å². The Labute approximate surface area is 109 Å². The van der Waals surface area contributed by atoms with E-state index in [1.54, 1.807) is 0 Å². The Hall–Kier alpha value is -1.45. The highest BCUT2D eigenvalue weighted by atomic mass is 15.1. The maximum atomic E-state index is 4.13. The monoisotopic (exact) mass is 243 g/mol. The fraction of sp³-hybridized carbons (Fsp3) is 0.400. The second kappa shape index (κ2) is 6.47. The van der Waals surface area contributed by atoms with Gasteiger partial charge in [0.25, 0.3) is 0 Å². The van der Waals surface area contributed by atoms with Crippen LogP contribution < -0.4 is 5.32 Å². The zero-order chi connectivity index (χ0) is 12.8. The van der Waals surface area contributed by atoms with Crippen LogP contribution in [-0.2, 0) is 6.54 Å². The van der Waals surface area contributed by atoms with E-state index >= 15 is 0 Å². The van der Waals surface area contributed by atoms with Crippen LogP contribution >= 0.6 is 0 Å². The fourth-order valence-electron chi connectivity index (χ4n) is 1.90. The molecule has 18 heavy (non-hydrogen) atoms. The van der Waals surface area contributed by atoms with E-state index in [1.807, 2.05) is 12.4 Å². The van der Waals surface area contributed by atoms with E-state index in [1.165, 1.54) is 16.3 Å². The van der Waals surface area contributed by atoms with E-state index in [0.717, 1.165) is 26.2 Å². The minimum absolute atomic E-state index is 0.926. The molecule has 1 aromatic heterocycles. The third-order valence-corrected chi connectivity index (χ3v) is 3.24. The highest BCUT2D eigenvalue weighted by Gasteiger charge is 1.97. The van der Waals surface area contributed by atoms with Crippen molar-refractivity contribution in [3.63, 3.8) is 0 Å². The largest absolute Gasteiger partial charge is 0.311 e. The summed E-state index contributed by atoms with van der Waals surface area (Å²) in [5, 5.41) is 5.93. The van der Waals surface area contributed by atoms with Crippen LogP contribution in [0.15, 0.2) is 36.7 Å². The number of benzene rings is 1. The van der Waals surface area contributed by atoms with Crippen molar-refractivity contribution in [1.29, 1.82) is 0 Å². The molecule has 0 amide bonds. The molecule has 3 nitrogen and oxygen atoms in total. The third kappa shape index (κ3) is 3.52. The van der Waals surface area contributed by atoms with Crippen molar-refractivity contribution in [2.24, 2.45) is 0 Å². The Morgan fingerprint density at radius 1 is 1.22 bits per heavy atom. The van der Waals surface area contributed by atoms with Crippen molar-refractivity contribution >= 4 is 10.8 Å². The summed E-state index contributed by atoms with van der Waals surface area (Å²) in [4.78, 5) is 6.43. The van der Waals surface area contributed by atoms with Gasteiger partial charge in [-0.2, -0.15) is 0 Å². The summed E-state index contributed by atoms with van der Waals surface area (Å²) < 4.78 is 0. The van der Waals surface area contributed by atoms with Gasteiger partial charge in [0.15, 0.2) is 0 Å². The Balaban J connectivity index is 1.88. The third-order valence-electron chi connectivity index (χ3n) is 3.24. The number of nitrogens with one attached hydrogen (secondary N) is 1. The lowest BCUT2D eigenvalue weighted by atomic mass is 10.1. The molecule has 0 saturated carbocycles. The van der Waals surface area contributed by atoms with Gasteiger partial charge in [0, 0.05) is 37.4 Å². The first-order chi connectivity index (χ1) is 8.79. The van der Waals surface area contributed by atoms with Gasteiger partial charge in [-0.15, -0.1) is 0 Å². The van der Waals surface area contributed by atoms with E-state index < -0.39 is 0 Å². The van der Waals surface area contributed by atoms with Gasteiger partial charge in [-0.05, 0) is 36.7 Å². The second-order valence-electron chi connectivity index (χ2n) is 4.63. The maximum absolute atomic E-state index is 4.13. The molecule has 96 valence electrons. The van der Waals surface area contributed by atoms with Crippen molar-refractivity contribution in [3.8, 4) is 0 Å². The Bertz CT molecular complexity index is 496. The topological polar surface area (TPSA) is 28.2 Å². The predicted octanol–water partition coefficient (Wildman–Crippen LogP) is 2.28. The first-order valence-corrected chi connectivity index (χ1v) is 6.51. The van der Waals surface area contributed by atoms with Gasteiger partial charge in [0.05, 0.1) is 0 Å². The molecule has 0 fully saturated rings. The molecule has 0 bridgehead atoms. The average Bonchev–Trinajstić information content (AvgIpc) is 2.43. The molecule has 2 rings (SSSR count). The maximum Gasteiger partial charge on any atom is 0.0346 e. The number of aromatic nitrogens is 1. The normalized spacial score (nSPS) is 11.3. The molecule has 2 aromatic rings. The fourth-order valence-corrected chi connectivity index (χ4v) is 1.90. The lowest BCUT2D eigenvalue weighted by Crippen LogP contribution is -2.28. The molecule has 0 spiro atoms. The quantitative estimate of drug-likeness (QED) is 0.789. The van der Waals surface area contributed by atoms with E-state index in [-0.39, 0.29) is 0 Å². The highest BCUT2D eigenvalue weighted by molar-refractivity contribution is 5.81. The molecule has 0 aliphatic carbocycles. The van der Waals surface area contributed by atoms with Gasteiger partial charge < -0.3 is 10.2 Å². The first-order valence-electron chi connectivity index (χ1n) is 6.51. The summed E-state index contributed by atoms with van der Waals surface area (Å²) in [5.74, 6) is 0. The second-order valence-corrected chi connectivity index (χ2v) is 4.63. The number of fused-ring (bicyclic) bond motifs is 1. The predicted molar refractivity (Wildman–Crippen MR) is 76.6 cm³/mol. The molecule has 0 aliphatic rings. The van der Waals surface area contributed by atoms with Crippen LogP contribution in [0.5, 0.6) is 0 Å². The lowest BCUT2D eigenvalue weighted by molar-refractivity contribution is 0.349. The summed E-state index contributed by atoms with van der Waals surface area (Å²) in [6.07, 6.45) is 3.75. The summed E-state index contributed by atoms with van der Waals surface area (Å²) in [5.41, 5.74) is 1.33. The average molecular weight is 243 g/mol. The van der Waals surface area contributed by atoms with Crippen LogP contribution in [0.4, 0.5) is 0 Å². The van der Waals surface area contributed by atoms with Crippen molar-refractivity contribution in [2.75, 3.05) is 26.7 Å². The van der Waals surface area contributed by atoms with Gasteiger partial charge in [-0.25, -0.2) is 0 Å². The van der Waals surface area contributed by atoms with Crippen LogP contribution in [0.2, 0.25) is 0 Å². The zero-order valence-corrected chi connectivity index (χ0v) is 11.2. The van der Waals surface area contributed by atoms with E-state index in [4.69, 9.17) is 0 Å². The first kappa shape index (κ1) is 13.0. The Morgan fingerprint density at radius 2 is 2.11 bits per heavy atom. The van der Waals surface area contributed by atoms with Gasteiger partial charge >= 0.3 is 0 Å². The van der Waals surface area contributed by atoms with Gasteiger partial charge in [-0.3, -0.25) is 4.98 Å². The summed E-state index contributed by atoms with van der Waals surface area (Å²) >= 11 is 0. The standard InChI is InChI=1S/C15H21N3/c1-3-18(2)9-8-17-11-13-4-5-15-12-16-7-6-14(15)10-13/h4-7,10,12,17H,3,8-9,11H2,1-2H3. The molecule has 3 heteroatoms. The van der Waals surface area contributed by atoms with Gasteiger partial charge in [0.2, 0.25) is 0 Å². The highest BCUT2D eigenvalue weighted by Crippen LogP contribution is 2.14. The Morgan fingerprint density at radius 3 is 2.94 bits per heavy atom. The SMILES string of the molecule is CCN(C)CCNCc1ccc2cnccc2c1. The van der Waals surface area contributed by atoms with Crippen molar-refractivity contribution in [1.82, 2.24) is 15.2 Å². The minimum atomic E-state index is 0.926. The summed E-state index contributed by atoms with van der Waals surface area (Å²) in [7, 11) is 2.14. The zero-order valence-electron chi connectivity index (χ0n) is 11.2. The van der Waals surface area contributed by atoms with E-state index in [2.05, 4.69) is 53.4 Å². The van der Waals surface area contributed by atoms with Crippen molar-refractivity contribution in [3.05, 3.63) is 42.2 Å². The molecule has 0 unspecified atom stereocenters. The molecule has 1 N–H and O–H groups in total. The summed E-state index contributed by atoms with van der Waals surface area (Å²) in [6, 6.07) is 8.59. The molecule has 0 saturated heterocycles. The van der Waals surface area contributed by atoms with Crippen LogP contribution in [0, 0.1) is 0 Å². The lowest BCUT2D eigenvalue weighted by Gasteiger charge is -2.14. The van der Waals surface area contributed by atoms with Crippen LogP contribution in [-0.4, -0.2) is 36.6 Å². The van der Waals surface area contributed by atoms with Crippen LogP contribution in [0.1, 0.15) is 12.5 Å². The molecule has 0 aliphatic heterocycles. The van der Waals surface area contributed by atoms with Crippen LogP contribution in [0.25, 0.3) is 10.8 Å². The molecular formula is C15H21N3. The Kier molecular flexibility index (Phi) is 4.67. The smallest absolute Gasteiger partial charge is 0.0346 e. The molecule has 1 heterocycles.